The molecule has 0 aliphatic heterocycles. The van der Waals surface area contributed by atoms with Crippen LogP contribution in [-0.2, 0) is 16.2 Å². The number of carboxylic acid groups (broad SMARTS) is 1. The molecular weight excluding hydrogens is 409 g/mol. The van der Waals surface area contributed by atoms with Crippen LogP contribution in [-0.4, -0.2) is 42.9 Å². The third-order valence-electron chi connectivity index (χ3n) is 4.27. The molecule has 3 rings (SSSR count). The average Bonchev–Trinajstić information content (AvgIpc) is 2.65. The van der Waals surface area contributed by atoms with E-state index in [9.17, 15) is 31.5 Å². The number of aromatic nitrogens is 1. The van der Waals surface area contributed by atoms with Crippen molar-refractivity contribution in [1.82, 2.24) is 9.29 Å². The Morgan fingerprint density at radius 1 is 1.07 bits per heavy atom. The first-order chi connectivity index (χ1) is 13.4. The fourth-order valence-electron chi connectivity index (χ4n) is 2.76. The number of sulfonamides is 1. The highest BCUT2D eigenvalue weighted by Gasteiger charge is 2.30. The van der Waals surface area contributed by atoms with Crippen molar-refractivity contribution in [3.05, 3.63) is 59.7 Å². The van der Waals surface area contributed by atoms with Crippen molar-refractivity contribution in [3.63, 3.8) is 0 Å². The molecule has 0 aliphatic rings. The molecule has 1 aromatic heterocycles. The summed E-state index contributed by atoms with van der Waals surface area (Å²) >= 11 is 0. The van der Waals surface area contributed by atoms with Crippen molar-refractivity contribution < 1.29 is 31.5 Å². The molecule has 29 heavy (non-hydrogen) atoms. The zero-order valence-electron chi connectivity index (χ0n) is 15.2. The molecule has 0 bridgehead atoms. The molecular formula is C19H15F3N2O4S. The van der Waals surface area contributed by atoms with E-state index >= 15 is 0 Å². The fraction of sp³-hybridized carbons (Fsp3) is 0.158. The van der Waals surface area contributed by atoms with Crippen LogP contribution in [0.4, 0.5) is 13.2 Å². The summed E-state index contributed by atoms with van der Waals surface area (Å²) in [6.45, 7) is 0. The molecule has 0 spiro atoms. The predicted octanol–water partition coefficient (Wildman–Crippen LogP) is 3.87. The molecule has 0 saturated heterocycles. The third kappa shape index (κ3) is 3.94. The molecule has 0 aliphatic carbocycles. The van der Waals surface area contributed by atoms with Crippen LogP contribution in [0, 0.1) is 0 Å². The Labute approximate surface area is 164 Å². The number of nitrogens with zero attached hydrogens (tertiary/aromatic N) is 2. The van der Waals surface area contributed by atoms with Gasteiger partial charge < -0.3 is 5.11 Å². The highest BCUT2D eigenvalue weighted by atomic mass is 32.2. The van der Waals surface area contributed by atoms with E-state index in [-0.39, 0.29) is 32.6 Å². The van der Waals surface area contributed by atoms with Crippen LogP contribution in [0.25, 0.3) is 22.2 Å². The van der Waals surface area contributed by atoms with Crippen LogP contribution >= 0.6 is 0 Å². The second kappa shape index (κ2) is 7.12. The lowest BCUT2D eigenvalue weighted by molar-refractivity contribution is -0.137. The minimum atomic E-state index is -4.56. The maximum absolute atomic E-state index is 13.0. The van der Waals surface area contributed by atoms with E-state index < -0.39 is 27.7 Å². The topological polar surface area (TPSA) is 87.6 Å². The smallest absolute Gasteiger partial charge is 0.416 e. The van der Waals surface area contributed by atoms with E-state index in [1.54, 1.807) is 0 Å². The number of hydrogen-bond acceptors (Lipinski definition) is 4. The molecule has 0 amide bonds. The van der Waals surface area contributed by atoms with E-state index in [2.05, 4.69) is 4.98 Å². The molecule has 0 saturated carbocycles. The lowest BCUT2D eigenvalue weighted by atomic mass is 10.0. The Balaban J connectivity index is 2.25. The number of alkyl halides is 3. The van der Waals surface area contributed by atoms with Gasteiger partial charge in [-0.1, -0.05) is 12.1 Å². The van der Waals surface area contributed by atoms with E-state index in [1.807, 2.05) is 0 Å². The number of pyridine rings is 1. The minimum absolute atomic E-state index is 0.0317. The number of carbonyl (C=O) groups is 1. The summed E-state index contributed by atoms with van der Waals surface area (Å²) in [7, 11) is -1.13. The molecule has 10 heteroatoms. The minimum Gasteiger partial charge on any atom is -0.478 e. The zero-order valence-corrected chi connectivity index (χ0v) is 16.0. The number of carboxylic acids is 1. The molecule has 152 valence electrons. The van der Waals surface area contributed by atoms with Gasteiger partial charge in [0.15, 0.2) is 0 Å². The second-order valence-corrected chi connectivity index (χ2v) is 8.56. The normalized spacial score (nSPS) is 12.5. The number of hydrogen-bond donors (Lipinski definition) is 1. The number of rotatable bonds is 4. The maximum Gasteiger partial charge on any atom is 0.416 e. The van der Waals surface area contributed by atoms with Crippen LogP contribution in [0.1, 0.15) is 15.9 Å². The molecule has 2 aromatic carbocycles. The van der Waals surface area contributed by atoms with Gasteiger partial charge in [-0.2, -0.15) is 13.2 Å². The van der Waals surface area contributed by atoms with Gasteiger partial charge >= 0.3 is 12.1 Å². The number of benzene rings is 2. The third-order valence-corrected chi connectivity index (χ3v) is 6.09. The Morgan fingerprint density at radius 2 is 1.76 bits per heavy atom. The van der Waals surface area contributed by atoms with Crippen LogP contribution in [0.15, 0.2) is 53.4 Å². The van der Waals surface area contributed by atoms with E-state index in [0.29, 0.717) is 0 Å². The lowest BCUT2D eigenvalue weighted by Gasteiger charge is -2.13. The summed E-state index contributed by atoms with van der Waals surface area (Å²) in [5.41, 5.74) is -0.882. The largest absolute Gasteiger partial charge is 0.478 e. The predicted molar refractivity (Wildman–Crippen MR) is 100 cm³/mol. The zero-order chi connectivity index (χ0) is 21.6. The Kier molecular flexibility index (Phi) is 5.10. The summed E-state index contributed by atoms with van der Waals surface area (Å²) in [6, 6.07) is 9.30. The molecule has 0 radical (unpaired) electrons. The molecule has 0 fully saturated rings. The molecule has 1 heterocycles. The SMILES string of the molecule is CN(C)S(=O)(=O)c1ccc2nc(-c3cccc(C(F)(F)F)c3)cc(C(=O)O)c2c1. The number of fused-ring (bicyclic) bond motifs is 1. The summed E-state index contributed by atoms with van der Waals surface area (Å²) in [6.07, 6.45) is -4.56. The van der Waals surface area contributed by atoms with Crippen molar-refractivity contribution in [3.8, 4) is 11.3 Å². The van der Waals surface area contributed by atoms with Gasteiger partial charge in [-0.3, -0.25) is 0 Å². The number of aromatic carboxylic acids is 1. The van der Waals surface area contributed by atoms with Crippen LogP contribution in [0.2, 0.25) is 0 Å². The Bertz CT molecular complexity index is 1220. The van der Waals surface area contributed by atoms with Gasteiger partial charge in [0.25, 0.3) is 0 Å². The standard InChI is InChI=1S/C19H15F3N2O4S/c1-24(2)29(27,28)13-6-7-16-14(9-13)15(18(25)26)10-17(23-16)11-4-3-5-12(8-11)19(20,21)22/h3-10H,1-2H3,(H,25,26). The van der Waals surface area contributed by atoms with E-state index in [1.165, 1.54) is 44.4 Å². The van der Waals surface area contributed by atoms with Gasteiger partial charge in [0, 0.05) is 25.0 Å². The summed E-state index contributed by atoms with van der Waals surface area (Å²) in [5, 5.41) is 9.64. The first kappa shape index (κ1) is 20.7. The highest BCUT2D eigenvalue weighted by Crippen LogP contribution is 2.33. The molecule has 1 N–H and O–H groups in total. The van der Waals surface area contributed by atoms with Crippen molar-refractivity contribution in [2.24, 2.45) is 0 Å². The highest BCUT2D eigenvalue weighted by molar-refractivity contribution is 7.89. The van der Waals surface area contributed by atoms with Crippen molar-refractivity contribution in [1.29, 1.82) is 0 Å². The van der Waals surface area contributed by atoms with Gasteiger partial charge in [-0.05, 0) is 36.4 Å². The van der Waals surface area contributed by atoms with Crippen molar-refractivity contribution in [2.75, 3.05) is 14.1 Å². The van der Waals surface area contributed by atoms with Crippen molar-refractivity contribution >= 4 is 26.9 Å². The Hall–Kier alpha value is -2.98. The van der Waals surface area contributed by atoms with Gasteiger partial charge in [-0.25, -0.2) is 22.5 Å². The molecule has 0 unspecified atom stereocenters. The summed E-state index contributed by atoms with van der Waals surface area (Å²) in [4.78, 5) is 15.9. The van der Waals surface area contributed by atoms with Crippen LogP contribution in [0.5, 0.6) is 0 Å². The number of halogens is 3. The van der Waals surface area contributed by atoms with Gasteiger partial charge in [0.05, 0.1) is 27.2 Å². The van der Waals surface area contributed by atoms with Crippen LogP contribution < -0.4 is 0 Å². The fourth-order valence-corrected chi connectivity index (χ4v) is 3.68. The van der Waals surface area contributed by atoms with Gasteiger partial charge in [0.1, 0.15) is 0 Å². The summed E-state index contributed by atoms with van der Waals surface area (Å²) < 4.78 is 64.6. The van der Waals surface area contributed by atoms with Crippen molar-refractivity contribution in [2.45, 2.75) is 11.1 Å². The molecule has 0 atom stereocenters. The monoisotopic (exact) mass is 424 g/mol. The van der Waals surface area contributed by atoms with Gasteiger partial charge in [-0.15, -0.1) is 0 Å². The first-order valence-electron chi connectivity index (χ1n) is 8.19. The lowest BCUT2D eigenvalue weighted by Crippen LogP contribution is -2.22. The quantitative estimate of drug-likeness (QED) is 0.687. The Morgan fingerprint density at radius 3 is 2.34 bits per heavy atom. The van der Waals surface area contributed by atoms with E-state index in [0.717, 1.165) is 22.5 Å². The second-order valence-electron chi connectivity index (χ2n) is 6.41. The van der Waals surface area contributed by atoms with E-state index in [4.69, 9.17) is 0 Å². The average molecular weight is 424 g/mol. The molecule has 3 aromatic rings. The molecule has 6 nitrogen and oxygen atoms in total. The maximum atomic E-state index is 13.0. The summed E-state index contributed by atoms with van der Waals surface area (Å²) in [5.74, 6) is -1.36. The first-order valence-corrected chi connectivity index (χ1v) is 9.63. The van der Waals surface area contributed by atoms with Crippen LogP contribution in [0.3, 0.4) is 0 Å². The van der Waals surface area contributed by atoms with Gasteiger partial charge in [0.2, 0.25) is 10.0 Å².